The van der Waals surface area contributed by atoms with Crippen LogP contribution in [0.5, 0.6) is 5.75 Å². The van der Waals surface area contributed by atoms with E-state index in [9.17, 15) is 4.79 Å². The summed E-state index contributed by atoms with van der Waals surface area (Å²) < 4.78 is 6.09. The van der Waals surface area contributed by atoms with Crippen molar-refractivity contribution in [1.82, 2.24) is 20.0 Å². The third kappa shape index (κ3) is 5.55. The minimum atomic E-state index is -0.394. The summed E-state index contributed by atoms with van der Waals surface area (Å²) in [5.41, 5.74) is 7.63. The molecule has 0 radical (unpaired) electrons. The number of anilines is 1. The van der Waals surface area contributed by atoms with Gasteiger partial charge < -0.3 is 30.5 Å². The lowest BCUT2D eigenvalue weighted by molar-refractivity contribution is 0.0886. The Morgan fingerprint density at radius 3 is 2.50 bits per heavy atom. The van der Waals surface area contributed by atoms with Gasteiger partial charge in [0.1, 0.15) is 11.4 Å². The smallest absolute Gasteiger partial charge is 0.255 e. The summed E-state index contributed by atoms with van der Waals surface area (Å²) in [6, 6.07) is 1.81. The Labute approximate surface area is 213 Å². The van der Waals surface area contributed by atoms with Gasteiger partial charge in [-0.1, -0.05) is 11.6 Å². The van der Waals surface area contributed by atoms with Crippen molar-refractivity contribution in [3.05, 3.63) is 22.2 Å². The Morgan fingerprint density at radius 1 is 1.24 bits per heavy atom. The molecule has 4 rings (SSSR count). The topological polar surface area (TPSA) is 74.1 Å². The van der Waals surface area contributed by atoms with Crippen molar-refractivity contribution in [2.24, 2.45) is 5.92 Å². The maximum absolute atomic E-state index is 13.2. The van der Waals surface area contributed by atoms with Gasteiger partial charge in [-0.25, -0.2) is 0 Å². The highest BCUT2D eigenvalue weighted by Crippen LogP contribution is 2.44. The van der Waals surface area contributed by atoms with E-state index in [1.807, 2.05) is 32.8 Å². The molecule has 0 aliphatic carbocycles. The molecule has 3 aliphatic heterocycles. The van der Waals surface area contributed by atoms with E-state index in [-0.39, 0.29) is 11.9 Å². The molecular formula is C25H38ClN5O2S. The fourth-order valence-corrected chi connectivity index (χ4v) is 5.78. The molecule has 0 saturated carbocycles. The lowest BCUT2D eigenvalue weighted by Crippen LogP contribution is -2.48. The van der Waals surface area contributed by atoms with E-state index < -0.39 is 5.60 Å². The summed E-state index contributed by atoms with van der Waals surface area (Å²) in [6.07, 6.45) is 4.92. The van der Waals surface area contributed by atoms with Gasteiger partial charge in [-0.05, 0) is 63.7 Å². The first-order valence-corrected chi connectivity index (χ1v) is 13.1. The number of nitrogens with one attached hydrogen (secondary N) is 1. The van der Waals surface area contributed by atoms with Crippen LogP contribution in [0.3, 0.4) is 0 Å². The Hall–Kier alpha value is -1.77. The van der Waals surface area contributed by atoms with Crippen LogP contribution in [0.25, 0.3) is 0 Å². The fraction of sp³-hybridized carbons (Fsp3) is 0.680. The number of benzene rings is 1. The van der Waals surface area contributed by atoms with Gasteiger partial charge in [-0.3, -0.25) is 4.79 Å². The molecule has 3 N–H and O–H groups in total. The molecular weight excluding hydrogens is 470 g/mol. The molecule has 0 spiro atoms. The van der Waals surface area contributed by atoms with Crippen molar-refractivity contribution < 1.29 is 9.53 Å². The predicted molar refractivity (Wildman–Crippen MR) is 142 cm³/mol. The van der Waals surface area contributed by atoms with Gasteiger partial charge >= 0.3 is 0 Å². The highest BCUT2D eigenvalue weighted by atomic mass is 35.5. The molecule has 3 heterocycles. The van der Waals surface area contributed by atoms with Crippen molar-refractivity contribution in [3.63, 3.8) is 0 Å². The van der Waals surface area contributed by atoms with Crippen molar-refractivity contribution in [3.8, 4) is 5.75 Å². The van der Waals surface area contributed by atoms with Gasteiger partial charge in [0.2, 0.25) is 0 Å². The quantitative estimate of drug-likeness (QED) is 0.478. The first-order valence-electron chi connectivity index (χ1n) is 12.3. The predicted octanol–water partition coefficient (Wildman–Crippen LogP) is 3.39. The molecule has 188 valence electrons. The minimum absolute atomic E-state index is 0.126. The zero-order valence-corrected chi connectivity index (χ0v) is 22.4. The number of nitrogens with zero attached hydrogens (tertiary/aromatic N) is 3. The van der Waals surface area contributed by atoms with E-state index >= 15 is 0 Å². The number of carbonyl (C=O) groups is 1. The van der Waals surface area contributed by atoms with Crippen LogP contribution >= 0.6 is 23.8 Å². The fourth-order valence-electron chi connectivity index (χ4n) is 5.38. The molecule has 1 aromatic carbocycles. The van der Waals surface area contributed by atoms with Gasteiger partial charge in [0.15, 0.2) is 5.11 Å². The highest BCUT2D eigenvalue weighted by molar-refractivity contribution is 7.80. The van der Waals surface area contributed by atoms with Crippen LogP contribution in [-0.4, -0.2) is 84.2 Å². The third-order valence-corrected chi connectivity index (χ3v) is 8.24. The molecule has 1 amide bonds. The van der Waals surface area contributed by atoms with Crippen molar-refractivity contribution in [2.45, 2.75) is 57.6 Å². The lowest BCUT2D eigenvalue weighted by atomic mass is 9.94. The number of ether oxygens (including phenoxy) is 1. The van der Waals surface area contributed by atoms with Gasteiger partial charge in [-0.15, -0.1) is 0 Å². The van der Waals surface area contributed by atoms with Crippen LogP contribution in [0, 0.1) is 5.92 Å². The molecule has 2 saturated heterocycles. The van der Waals surface area contributed by atoms with E-state index in [4.69, 9.17) is 34.3 Å². The SMILES string of the molecule is CN(C)C(=S)N1CCC(CN2CCC(NC(=O)c3cc(Cl)c(N)c4c3OC(C)(C)C4)CC2)CC1. The number of thiocarbonyl (C=S) groups is 1. The Balaban J connectivity index is 1.27. The second-order valence-corrected chi connectivity index (χ2v) is 11.6. The molecule has 7 nitrogen and oxygen atoms in total. The van der Waals surface area contributed by atoms with Crippen LogP contribution < -0.4 is 15.8 Å². The molecule has 1 aromatic rings. The number of halogens is 1. The number of hydrogen-bond acceptors (Lipinski definition) is 5. The number of carbonyl (C=O) groups excluding carboxylic acids is 1. The molecule has 9 heteroatoms. The average Bonchev–Trinajstić information content (AvgIpc) is 3.13. The van der Waals surface area contributed by atoms with Crippen molar-refractivity contribution in [1.29, 1.82) is 0 Å². The summed E-state index contributed by atoms with van der Waals surface area (Å²) >= 11 is 11.9. The van der Waals surface area contributed by atoms with Crippen LogP contribution in [-0.2, 0) is 6.42 Å². The van der Waals surface area contributed by atoms with E-state index in [1.54, 1.807) is 6.07 Å². The molecule has 34 heavy (non-hydrogen) atoms. The number of rotatable bonds is 4. The summed E-state index contributed by atoms with van der Waals surface area (Å²) in [5, 5.41) is 4.58. The molecule has 3 aliphatic rings. The summed E-state index contributed by atoms with van der Waals surface area (Å²) in [7, 11) is 4.03. The van der Waals surface area contributed by atoms with E-state index in [0.29, 0.717) is 34.4 Å². The number of nitrogen functional groups attached to an aromatic ring is 1. The second-order valence-electron chi connectivity index (χ2n) is 10.8. The third-order valence-electron chi connectivity index (χ3n) is 7.30. The van der Waals surface area contributed by atoms with Crippen LogP contribution in [0.15, 0.2) is 6.07 Å². The van der Waals surface area contributed by atoms with E-state index in [0.717, 1.165) is 56.2 Å². The number of likely N-dealkylation sites (tertiary alicyclic amines) is 2. The van der Waals surface area contributed by atoms with Gasteiger partial charge in [0, 0.05) is 64.8 Å². The van der Waals surface area contributed by atoms with Crippen LogP contribution in [0.2, 0.25) is 5.02 Å². The molecule has 0 unspecified atom stereocenters. The van der Waals surface area contributed by atoms with Crippen LogP contribution in [0.1, 0.15) is 55.5 Å². The Morgan fingerprint density at radius 2 is 1.88 bits per heavy atom. The highest BCUT2D eigenvalue weighted by Gasteiger charge is 2.36. The summed E-state index contributed by atoms with van der Waals surface area (Å²) in [5.74, 6) is 1.17. The van der Waals surface area contributed by atoms with Gasteiger partial charge in [0.05, 0.1) is 16.3 Å². The van der Waals surface area contributed by atoms with Crippen molar-refractivity contribution >= 4 is 40.5 Å². The summed E-state index contributed by atoms with van der Waals surface area (Å²) in [4.78, 5) is 20.0. The number of piperidine rings is 2. The molecule has 2 fully saturated rings. The van der Waals surface area contributed by atoms with Gasteiger partial charge in [-0.2, -0.15) is 0 Å². The first-order chi connectivity index (χ1) is 16.0. The minimum Gasteiger partial charge on any atom is -0.486 e. The molecule has 0 bridgehead atoms. The maximum atomic E-state index is 13.2. The Kier molecular flexibility index (Phi) is 7.50. The zero-order chi connectivity index (χ0) is 24.6. The standard InChI is InChI=1S/C25H38ClN5O2S/c1-25(2)14-19-21(27)20(26)13-18(22(19)33-25)23(32)28-17-7-9-30(10-8-17)15-16-5-11-31(12-6-16)24(34)29(3)4/h13,16-17H,5-12,14-15,27H2,1-4H3,(H,28,32). The molecule has 0 atom stereocenters. The average molecular weight is 508 g/mol. The van der Waals surface area contributed by atoms with Gasteiger partial charge in [0.25, 0.3) is 5.91 Å². The lowest BCUT2D eigenvalue weighted by Gasteiger charge is -2.39. The number of hydrogen-bond donors (Lipinski definition) is 2. The summed E-state index contributed by atoms with van der Waals surface area (Å²) in [6.45, 7) is 9.23. The number of fused-ring (bicyclic) bond motifs is 1. The Bertz CT molecular complexity index is 938. The van der Waals surface area contributed by atoms with E-state index in [2.05, 4.69) is 15.1 Å². The number of nitrogens with two attached hydrogens (primary N) is 1. The monoisotopic (exact) mass is 507 g/mol. The molecule has 0 aromatic heterocycles. The second kappa shape index (κ2) is 10.1. The normalized spacial score (nSPS) is 21.1. The van der Waals surface area contributed by atoms with E-state index in [1.165, 1.54) is 12.8 Å². The zero-order valence-electron chi connectivity index (χ0n) is 20.8. The van der Waals surface area contributed by atoms with Crippen LogP contribution in [0.4, 0.5) is 5.69 Å². The first kappa shape index (κ1) is 25.3. The van der Waals surface area contributed by atoms with Crippen molar-refractivity contribution in [2.75, 3.05) is 52.6 Å². The largest absolute Gasteiger partial charge is 0.486 e. The number of amides is 1. The maximum Gasteiger partial charge on any atom is 0.255 e.